The standard InChI is InChI=1S/C17H24F3N3O3/c1-25-14-2-4-15(5-3-14)26-11-10-22-6-8-23(9-7-22)12-16(24)21-13-17(18,19)20/h2-5H,6-13H2,1H3,(H,21,24). The van der Waals surface area contributed by atoms with Crippen molar-refractivity contribution in [2.45, 2.75) is 6.18 Å². The van der Waals surface area contributed by atoms with Crippen molar-refractivity contribution in [2.75, 3.05) is 59.5 Å². The molecular formula is C17H24F3N3O3. The van der Waals surface area contributed by atoms with E-state index in [2.05, 4.69) is 4.90 Å². The normalized spacial score (nSPS) is 16.3. The minimum absolute atomic E-state index is 0.00767. The number of hydrogen-bond donors (Lipinski definition) is 1. The molecule has 0 spiro atoms. The fraction of sp³-hybridized carbons (Fsp3) is 0.588. The molecule has 0 aliphatic carbocycles. The molecule has 0 unspecified atom stereocenters. The van der Waals surface area contributed by atoms with Crippen LogP contribution in [0.25, 0.3) is 0 Å². The molecule has 0 aromatic heterocycles. The van der Waals surface area contributed by atoms with Crippen molar-refractivity contribution in [3.8, 4) is 11.5 Å². The Morgan fingerprint density at radius 2 is 1.65 bits per heavy atom. The number of halogens is 3. The predicted molar refractivity (Wildman–Crippen MR) is 90.4 cm³/mol. The first-order valence-corrected chi connectivity index (χ1v) is 8.41. The van der Waals surface area contributed by atoms with Gasteiger partial charge in [0, 0.05) is 32.7 Å². The number of methoxy groups -OCH3 is 1. The maximum Gasteiger partial charge on any atom is 0.405 e. The van der Waals surface area contributed by atoms with Gasteiger partial charge in [-0.05, 0) is 24.3 Å². The first kappa shape index (κ1) is 20.3. The van der Waals surface area contributed by atoms with Gasteiger partial charge in [-0.25, -0.2) is 0 Å². The SMILES string of the molecule is COc1ccc(OCCN2CCN(CC(=O)NCC(F)(F)F)CC2)cc1. The molecule has 1 fully saturated rings. The molecule has 1 aliphatic rings. The van der Waals surface area contributed by atoms with E-state index in [1.165, 1.54) is 0 Å². The van der Waals surface area contributed by atoms with E-state index in [0.717, 1.165) is 31.1 Å². The van der Waals surface area contributed by atoms with Gasteiger partial charge < -0.3 is 14.8 Å². The van der Waals surface area contributed by atoms with Gasteiger partial charge in [0.25, 0.3) is 0 Å². The zero-order valence-electron chi connectivity index (χ0n) is 14.7. The molecule has 0 bridgehead atoms. The molecule has 0 atom stereocenters. The molecule has 1 amide bonds. The van der Waals surface area contributed by atoms with Gasteiger partial charge in [-0.3, -0.25) is 14.6 Å². The Hall–Kier alpha value is -2.00. The van der Waals surface area contributed by atoms with E-state index in [0.29, 0.717) is 19.7 Å². The largest absolute Gasteiger partial charge is 0.497 e. The number of nitrogens with zero attached hydrogens (tertiary/aromatic N) is 2. The Labute approximate surface area is 150 Å². The van der Waals surface area contributed by atoms with E-state index < -0.39 is 18.6 Å². The zero-order valence-corrected chi connectivity index (χ0v) is 14.7. The van der Waals surface area contributed by atoms with Gasteiger partial charge in [-0.1, -0.05) is 0 Å². The zero-order chi connectivity index (χ0) is 19.0. The van der Waals surface area contributed by atoms with Gasteiger partial charge in [0.05, 0.1) is 13.7 Å². The van der Waals surface area contributed by atoms with Crippen molar-refractivity contribution >= 4 is 5.91 Å². The molecule has 1 aromatic rings. The second-order valence-electron chi connectivity index (χ2n) is 6.03. The Morgan fingerprint density at radius 3 is 2.23 bits per heavy atom. The third-order valence-electron chi connectivity index (χ3n) is 4.05. The van der Waals surface area contributed by atoms with Gasteiger partial charge in [-0.15, -0.1) is 0 Å². The van der Waals surface area contributed by atoms with Gasteiger partial charge in [0.1, 0.15) is 24.7 Å². The molecular weight excluding hydrogens is 351 g/mol. The molecule has 1 N–H and O–H groups in total. The van der Waals surface area contributed by atoms with Crippen molar-refractivity contribution in [3.05, 3.63) is 24.3 Å². The lowest BCUT2D eigenvalue weighted by Crippen LogP contribution is -2.50. The molecule has 1 aromatic carbocycles. The van der Waals surface area contributed by atoms with Gasteiger partial charge in [0.15, 0.2) is 0 Å². The number of carbonyl (C=O) groups excluding carboxylic acids is 1. The summed E-state index contributed by atoms with van der Waals surface area (Å²) < 4.78 is 47.0. The number of piperazine rings is 1. The number of benzene rings is 1. The average molecular weight is 375 g/mol. The summed E-state index contributed by atoms with van der Waals surface area (Å²) in [5.74, 6) is 0.942. The molecule has 1 saturated heterocycles. The fourth-order valence-corrected chi connectivity index (χ4v) is 2.59. The summed E-state index contributed by atoms with van der Waals surface area (Å²) in [6.07, 6.45) is -4.38. The lowest BCUT2D eigenvalue weighted by molar-refractivity contribution is -0.139. The highest BCUT2D eigenvalue weighted by Crippen LogP contribution is 2.17. The van der Waals surface area contributed by atoms with Crippen LogP contribution >= 0.6 is 0 Å². The van der Waals surface area contributed by atoms with Crippen LogP contribution in [0.15, 0.2) is 24.3 Å². The lowest BCUT2D eigenvalue weighted by Gasteiger charge is -2.34. The van der Waals surface area contributed by atoms with Crippen LogP contribution in [-0.4, -0.2) is 81.4 Å². The number of rotatable bonds is 8. The van der Waals surface area contributed by atoms with E-state index in [9.17, 15) is 18.0 Å². The van der Waals surface area contributed by atoms with E-state index >= 15 is 0 Å². The van der Waals surface area contributed by atoms with Crippen LogP contribution in [0.2, 0.25) is 0 Å². The van der Waals surface area contributed by atoms with Gasteiger partial charge in [0.2, 0.25) is 5.91 Å². The topological polar surface area (TPSA) is 54.0 Å². The Bertz CT molecular complexity index is 559. The number of carbonyl (C=O) groups is 1. The smallest absolute Gasteiger partial charge is 0.405 e. The third-order valence-corrected chi connectivity index (χ3v) is 4.05. The second kappa shape index (κ2) is 9.63. The maximum atomic E-state index is 12.1. The molecule has 2 rings (SSSR count). The summed E-state index contributed by atoms with van der Waals surface area (Å²) >= 11 is 0. The van der Waals surface area contributed by atoms with Crippen LogP contribution < -0.4 is 14.8 Å². The van der Waals surface area contributed by atoms with Gasteiger partial charge in [-0.2, -0.15) is 13.2 Å². The molecule has 1 aliphatic heterocycles. The highest BCUT2D eigenvalue weighted by Gasteiger charge is 2.28. The minimum Gasteiger partial charge on any atom is -0.497 e. The van der Waals surface area contributed by atoms with E-state index in [1.807, 2.05) is 34.5 Å². The van der Waals surface area contributed by atoms with E-state index in [-0.39, 0.29) is 6.54 Å². The van der Waals surface area contributed by atoms with Gasteiger partial charge >= 0.3 is 6.18 Å². The van der Waals surface area contributed by atoms with Crippen LogP contribution in [-0.2, 0) is 4.79 Å². The molecule has 6 nitrogen and oxygen atoms in total. The average Bonchev–Trinajstić information content (AvgIpc) is 2.61. The van der Waals surface area contributed by atoms with Crippen molar-refractivity contribution in [2.24, 2.45) is 0 Å². The number of alkyl halides is 3. The summed E-state index contributed by atoms with van der Waals surface area (Å²) in [5.41, 5.74) is 0. The molecule has 1 heterocycles. The number of hydrogen-bond acceptors (Lipinski definition) is 5. The van der Waals surface area contributed by atoms with Crippen LogP contribution in [0.5, 0.6) is 11.5 Å². The summed E-state index contributed by atoms with van der Waals surface area (Å²) in [7, 11) is 1.61. The van der Waals surface area contributed by atoms with Crippen LogP contribution in [0.4, 0.5) is 13.2 Å². The van der Waals surface area contributed by atoms with Crippen molar-refractivity contribution in [1.29, 1.82) is 0 Å². The number of ether oxygens (including phenoxy) is 2. The third kappa shape index (κ3) is 7.49. The minimum atomic E-state index is -4.38. The molecule has 0 saturated carbocycles. The molecule has 146 valence electrons. The van der Waals surface area contributed by atoms with Crippen LogP contribution in [0.1, 0.15) is 0 Å². The van der Waals surface area contributed by atoms with Crippen molar-refractivity contribution < 1.29 is 27.4 Å². The molecule has 9 heteroatoms. The Kier molecular flexibility index (Phi) is 7.52. The second-order valence-corrected chi connectivity index (χ2v) is 6.03. The number of nitrogens with one attached hydrogen (secondary N) is 1. The highest BCUT2D eigenvalue weighted by atomic mass is 19.4. The van der Waals surface area contributed by atoms with Crippen LogP contribution in [0.3, 0.4) is 0 Å². The van der Waals surface area contributed by atoms with Crippen molar-refractivity contribution in [3.63, 3.8) is 0 Å². The highest BCUT2D eigenvalue weighted by molar-refractivity contribution is 5.78. The summed E-state index contributed by atoms with van der Waals surface area (Å²) in [6.45, 7) is 2.78. The van der Waals surface area contributed by atoms with Crippen molar-refractivity contribution in [1.82, 2.24) is 15.1 Å². The summed E-state index contributed by atoms with van der Waals surface area (Å²) in [6, 6.07) is 7.35. The predicted octanol–water partition coefficient (Wildman–Crippen LogP) is 1.37. The fourth-order valence-electron chi connectivity index (χ4n) is 2.59. The molecule has 0 radical (unpaired) electrons. The monoisotopic (exact) mass is 375 g/mol. The van der Waals surface area contributed by atoms with Crippen LogP contribution in [0, 0.1) is 0 Å². The summed E-state index contributed by atoms with van der Waals surface area (Å²) in [4.78, 5) is 15.6. The van der Waals surface area contributed by atoms with E-state index in [1.54, 1.807) is 7.11 Å². The quantitative estimate of drug-likeness (QED) is 0.744. The van der Waals surface area contributed by atoms with E-state index in [4.69, 9.17) is 9.47 Å². The number of amides is 1. The first-order chi connectivity index (χ1) is 12.4. The lowest BCUT2D eigenvalue weighted by atomic mass is 10.3. The first-order valence-electron chi connectivity index (χ1n) is 8.41. The summed E-state index contributed by atoms with van der Waals surface area (Å²) in [5, 5.41) is 1.89. The maximum absolute atomic E-state index is 12.1. The molecule has 26 heavy (non-hydrogen) atoms. The Balaban J connectivity index is 1.60. The Morgan fingerprint density at radius 1 is 1.08 bits per heavy atom.